The number of benzene rings is 1. The molecule has 0 fully saturated rings. The van der Waals surface area contributed by atoms with E-state index in [1.165, 1.54) is 0 Å². The largest absolute Gasteiger partial charge is 0.464 e. The first-order valence-electron chi connectivity index (χ1n) is 10.4. The van der Waals surface area contributed by atoms with Crippen LogP contribution in [0.3, 0.4) is 0 Å². The third-order valence-electron chi connectivity index (χ3n) is 3.86. The fraction of sp³-hybridized carbons (Fsp3) is 0.609. The number of carbonyl (C=O) groups excluding carboxylic acids is 3. The van der Waals surface area contributed by atoms with Gasteiger partial charge in [0, 0.05) is 16.9 Å². The third-order valence-corrected chi connectivity index (χ3v) is 5.23. The summed E-state index contributed by atoms with van der Waals surface area (Å²) in [5.41, 5.74) is 0.171. The van der Waals surface area contributed by atoms with Crippen LogP contribution in [-0.4, -0.2) is 52.8 Å². The van der Waals surface area contributed by atoms with Gasteiger partial charge in [0.2, 0.25) is 5.91 Å². The van der Waals surface area contributed by atoms with Gasteiger partial charge < -0.3 is 20.1 Å². The monoisotopic (exact) mass is 452 g/mol. The molecule has 0 saturated carbocycles. The predicted octanol–water partition coefficient (Wildman–Crippen LogP) is 3.70. The second-order valence-corrected chi connectivity index (χ2v) is 11.0. The Bertz CT molecular complexity index is 726. The lowest BCUT2D eigenvalue weighted by molar-refractivity contribution is -0.146. The van der Waals surface area contributed by atoms with Gasteiger partial charge in [-0.25, -0.2) is 9.59 Å². The van der Waals surface area contributed by atoms with Gasteiger partial charge in [0.1, 0.15) is 17.7 Å². The summed E-state index contributed by atoms with van der Waals surface area (Å²) in [6, 6.07) is 7.60. The number of thioether (sulfide) groups is 1. The Kier molecular flexibility index (Phi) is 10.4. The minimum atomic E-state index is -0.909. The molecule has 0 saturated heterocycles. The Balaban J connectivity index is 2.99. The topological polar surface area (TPSA) is 93.7 Å². The molecule has 1 aromatic rings. The fourth-order valence-corrected chi connectivity index (χ4v) is 3.41. The highest BCUT2D eigenvalue weighted by atomic mass is 32.2. The lowest BCUT2D eigenvalue weighted by Gasteiger charge is -2.26. The number of ether oxygens (including phenoxy) is 2. The van der Waals surface area contributed by atoms with Gasteiger partial charge in [-0.2, -0.15) is 11.8 Å². The number of alkyl carbamates (subject to hydrolysis) is 1. The fourth-order valence-electron chi connectivity index (χ4n) is 2.53. The van der Waals surface area contributed by atoms with Crippen LogP contribution < -0.4 is 10.6 Å². The van der Waals surface area contributed by atoms with Crippen LogP contribution in [0.15, 0.2) is 30.3 Å². The summed E-state index contributed by atoms with van der Waals surface area (Å²) in [6.45, 7) is 13.3. The van der Waals surface area contributed by atoms with Gasteiger partial charge in [0.15, 0.2) is 0 Å². The highest BCUT2D eigenvalue weighted by Gasteiger charge is 2.30. The van der Waals surface area contributed by atoms with Gasteiger partial charge in [-0.15, -0.1) is 0 Å². The van der Waals surface area contributed by atoms with Gasteiger partial charge >= 0.3 is 12.1 Å². The summed E-state index contributed by atoms with van der Waals surface area (Å²) in [5.74, 6) is -0.607. The summed E-state index contributed by atoms with van der Waals surface area (Å²) in [4.78, 5) is 37.9. The summed E-state index contributed by atoms with van der Waals surface area (Å²) in [7, 11) is 0. The molecule has 0 aliphatic carbocycles. The number of amides is 2. The van der Waals surface area contributed by atoms with E-state index in [1.807, 2.05) is 51.1 Å². The second-order valence-electron chi connectivity index (χ2n) is 9.13. The zero-order valence-corrected chi connectivity index (χ0v) is 20.4. The van der Waals surface area contributed by atoms with E-state index in [9.17, 15) is 14.4 Å². The highest BCUT2D eigenvalue weighted by molar-refractivity contribution is 8.00. The van der Waals surface area contributed by atoms with E-state index >= 15 is 0 Å². The average Bonchev–Trinajstić information content (AvgIpc) is 2.63. The van der Waals surface area contributed by atoms with Gasteiger partial charge in [0.05, 0.1) is 6.61 Å². The van der Waals surface area contributed by atoms with Crippen LogP contribution in [-0.2, 0) is 25.5 Å². The summed E-state index contributed by atoms with van der Waals surface area (Å²) in [6.07, 6.45) is -0.436. The Labute approximate surface area is 190 Å². The molecule has 31 heavy (non-hydrogen) atoms. The molecular weight excluding hydrogens is 416 g/mol. The van der Waals surface area contributed by atoms with Gasteiger partial charge in [-0.05, 0) is 33.3 Å². The highest BCUT2D eigenvalue weighted by Crippen LogP contribution is 2.24. The molecule has 1 aromatic carbocycles. The summed E-state index contributed by atoms with van der Waals surface area (Å²) < 4.78 is 10.4. The van der Waals surface area contributed by atoms with Crippen LogP contribution in [0.25, 0.3) is 0 Å². The molecule has 174 valence electrons. The number of hydrogen-bond acceptors (Lipinski definition) is 6. The maximum absolute atomic E-state index is 13.1. The number of esters is 1. The van der Waals surface area contributed by atoms with Crippen LogP contribution in [0.4, 0.5) is 4.79 Å². The van der Waals surface area contributed by atoms with Gasteiger partial charge in [-0.1, -0.05) is 51.1 Å². The lowest BCUT2D eigenvalue weighted by atomic mass is 10.1. The van der Waals surface area contributed by atoms with Crippen LogP contribution in [0.5, 0.6) is 0 Å². The average molecular weight is 453 g/mol. The molecule has 0 aliphatic rings. The SMILES string of the molecule is CCOC(=O)[C@H](CSC(C)(C)C)NC(=O)[C@H](Cc1ccccc1)NC(=O)OC(C)(C)C. The number of rotatable bonds is 9. The Hall–Kier alpha value is -2.22. The zero-order valence-electron chi connectivity index (χ0n) is 19.6. The molecule has 0 heterocycles. The van der Waals surface area contributed by atoms with E-state index in [0.717, 1.165) is 5.56 Å². The van der Waals surface area contributed by atoms with Crippen molar-refractivity contribution in [3.05, 3.63) is 35.9 Å². The maximum Gasteiger partial charge on any atom is 0.408 e. The van der Waals surface area contributed by atoms with Crippen molar-refractivity contribution in [3.8, 4) is 0 Å². The Morgan fingerprint density at radius 2 is 1.58 bits per heavy atom. The van der Waals surface area contributed by atoms with Crippen molar-refractivity contribution >= 4 is 29.7 Å². The van der Waals surface area contributed by atoms with Crippen molar-refractivity contribution in [1.29, 1.82) is 0 Å². The molecule has 0 spiro atoms. The Morgan fingerprint density at radius 3 is 2.10 bits per heavy atom. The van der Waals surface area contributed by atoms with Crippen molar-refractivity contribution < 1.29 is 23.9 Å². The molecule has 0 aliphatic heterocycles. The van der Waals surface area contributed by atoms with Crippen molar-refractivity contribution in [1.82, 2.24) is 10.6 Å². The molecule has 0 bridgehead atoms. The summed E-state index contributed by atoms with van der Waals surface area (Å²) >= 11 is 1.55. The first-order chi connectivity index (χ1) is 14.3. The molecule has 2 amide bonds. The number of hydrogen-bond donors (Lipinski definition) is 2. The molecule has 0 aromatic heterocycles. The van der Waals surface area contributed by atoms with E-state index in [-0.39, 0.29) is 17.8 Å². The molecule has 1 rings (SSSR count). The maximum atomic E-state index is 13.1. The molecule has 0 unspecified atom stereocenters. The normalized spacial score (nSPS) is 13.6. The Morgan fingerprint density at radius 1 is 0.968 bits per heavy atom. The molecule has 2 N–H and O–H groups in total. The molecule has 8 heteroatoms. The molecular formula is C23H36N2O5S. The quantitative estimate of drug-likeness (QED) is 0.555. The van der Waals surface area contributed by atoms with E-state index in [2.05, 4.69) is 10.6 Å². The van der Waals surface area contributed by atoms with E-state index < -0.39 is 35.7 Å². The standard InChI is InChI=1S/C23H36N2O5S/c1-8-29-20(27)18(15-31-23(5,6)7)24-19(26)17(14-16-12-10-9-11-13-16)25-21(28)30-22(2,3)4/h9-13,17-18H,8,14-15H2,1-7H3,(H,24,26)(H,25,28)/t17-,18-/m0/s1. The van der Waals surface area contributed by atoms with E-state index in [0.29, 0.717) is 5.75 Å². The second kappa shape index (κ2) is 12.0. The van der Waals surface area contributed by atoms with E-state index in [4.69, 9.17) is 9.47 Å². The van der Waals surface area contributed by atoms with Crippen LogP contribution in [0.2, 0.25) is 0 Å². The van der Waals surface area contributed by atoms with Gasteiger partial charge in [-0.3, -0.25) is 4.79 Å². The van der Waals surface area contributed by atoms with E-state index in [1.54, 1.807) is 39.5 Å². The minimum absolute atomic E-state index is 0.0896. The molecule has 7 nitrogen and oxygen atoms in total. The van der Waals surface area contributed by atoms with Crippen LogP contribution in [0, 0.1) is 0 Å². The number of carbonyl (C=O) groups is 3. The lowest BCUT2D eigenvalue weighted by Crippen LogP contribution is -2.54. The predicted molar refractivity (Wildman–Crippen MR) is 124 cm³/mol. The van der Waals surface area contributed by atoms with Crippen LogP contribution in [0.1, 0.15) is 54.0 Å². The smallest absolute Gasteiger partial charge is 0.408 e. The van der Waals surface area contributed by atoms with Crippen LogP contribution >= 0.6 is 11.8 Å². The van der Waals surface area contributed by atoms with Crippen molar-refractivity contribution in [2.45, 2.75) is 77.3 Å². The van der Waals surface area contributed by atoms with Gasteiger partial charge in [0.25, 0.3) is 0 Å². The van der Waals surface area contributed by atoms with Crippen molar-refractivity contribution in [3.63, 3.8) is 0 Å². The summed E-state index contributed by atoms with van der Waals surface area (Å²) in [5, 5.41) is 5.40. The first-order valence-corrected chi connectivity index (χ1v) is 11.4. The van der Waals surface area contributed by atoms with Crippen molar-refractivity contribution in [2.75, 3.05) is 12.4 Å². The first kappa shape index (κ1) is 26.8. The third kappa shape index (κ3) is 11.7. The molecule has 0 radical (unpaired) electrons. The zero-order chi connectivity index (χ0) is 23.7. The minimum Gasteiger partial charge on any atom is -0.464 e. The number of nitrogens with one attached hydrogen (secondary N) is 2. The molecule has 2 atom stereocenters. The van der Waals surface area contributed by atoms with Crippen molar-refractivity contribution in [2.24, 2.45) is 0 Å².